The number of ether oxygens (including phenoxy) is 1. The minimum atomic E-state index is -1.22. The Labute approximate surface area is 220 Å². The second-order valence-corrected chi connectivity index (χ2v) is 10.5. The average molecular weight is 551 g/mol. The average Bonchev–Trinajstić information content (AvgIpc) is 3.50. The predicted molar refractivity (Wildman–Crippen MR) is 133 cm³/mol. The number of hydrogen-bond donors (Lipinski definition) is 3. The minimum Gasteiger partial charge on any atom is -0.394 e. The molecule has 3 N–H and O–H groups in total. The van der Waals surface area contributed by atoms with Crippen molar-refractivity contribution in [2.75, 3.05) is 23.9 Å². The predicted octanol–water partition coefficient (Wildman–Crippen LogP) is 1.56. The lowest BCUT2D eigenvalue weighted by Gasteiger charge is -2.19. The molecule has 0 saturated heterocycles. The van der Waals surface area contributed by atoms with Crippen LogP contribution in [0.15, 0.2) is 23.4 Å². The number of fused-ring (bicyclic) bond motifs is 1. The van der Waals surface area contributed by atoms with Gasteiger partial charge >= 0.3 is 0 Å². The van der Waals surface area contributed by atoms with Crippen molar-refractivity contribution < 1.29 is 33.6 Å². The molecule has 0 radical (unpaired) electrons. The number of hydrogen-bond acceptors (Lipinski definition) is 10. The van der Waals surface area contributed by atoms with Gasteiger partial charge in [-0.05, 0) is 30.5 Å². The van der Waals surface area contributed by atoms with Gasteiger partial charge in [-0.25, -0.2) is 23.4 Å². The fourth-order valence-corrected chi connectivity index (χ4v) is 5.60. The smallest absolute Gasteiger partial charge is 0.215 e. The first-order chi connectivity index (χ1) is 18.4. The topological polar surface area (TPSA) is 147 Å². The molecule has 1 aromatic carbocycles. The second-order valence-electron chi connectivity index (χ2n) is 9.40. The molecule has 2 fully saturated rings. The van der Waals surface area contributed by atoms with E-state index >= 15 is 0 Å². The maximum absolute atomic E-state index is 13.8. The number of thioether (sulfide) groups is 1. The molecule has 2 heterocycles. The Balaban J connectivity index is 1.50. The van der Waals surface area contributed by atoms with Crippen LogP contribution in [-0.4, -0.2) is 90.0 Å². The fourth-order valence-electron chi connectivity index (χ4n) is 4.91. The van der Waals surface area contributed by atoms with E-state index in [2.05, 4.69) is 20.3 Å². The summed E-state index contributed by atoms with van der Waals surface area (Å²) in [6, 6.07) is 2.64. The van der Waals surface area contributed by atoms with Crippen molar-refractivity contribution in [3.63, 3.8) is 0 Å². The van der Waals surface area contributed by atoms with E-state index in [0.29, 0.717) is 23.6 Å². The third kappa shape index (κ3) is 4.98. The zero-order valence-electron chi connectivity index (χ0n) is 20.5. The van der Waals surface area contributed by atoms with E-state index in [4.69, 9.17) is 9.84 Å². The molecular formula is C24H28F2N6O5S. The number of halogens is 2. The number of aliphatic hydroxyl groups is 3. The highest BCUT2D eigenvalue weighted by atomic mass is 32.2. The van der Waals surface area contributed by atoms with Crippen LogP contribution in [0.2, 0.25) is 0 Å². The van der Waals surface area contributed by atoms with Crippen LogP contribution in [0.4, 0.5) is 14.6 Å². The summed E-state index contributed by atoms with van der Waals surface area (Å²) in [7, 11) is 0. The van der Waals surface area contributed by atoms with E-state index in [-0.39, 0.29) is 48.6 Å². The van der Waals surface area contributed by atoms with Crippen LogP contribution < -0.4 is 4.90 Å². The van der Waals surface area contributed by atoms with E-state index < -0.39 is 36.0 Å². The van der Waals surface area contributed by atoms with E-state index in [1.165, 1.54) is 27.4 Å². The van der Waals surface area contributed by atoms with Gasteiger partial charge in [0.25, 0.3) is 0 Å². The number of aromatic nitrogens is 5. The highest BCUT2D eigenvalue weighted by Gasteiger charge is 2.47. The van der Waals surface area contributed by atoms with Crippen LogP contribution in [0, 0.1) is 11.6 Å². The van der Waals surface area contributed by atoms with Gasteiger partial charge in [0.2, 0.25) is 6.41 Å². The van der Waals surface area contributed by atoms with Crippen LogP contribution in [0.25, 0.3) is 11.2 Å². The maximum atomic E-state index is 13.8. The molecule has 6 atom stereocenters. The Morgan fingerprint density at radius 1 is 1.21 bits per heavy atom. The normalized spacial score (nSPS) is 26.7. The molecule has 11 nitrogen and oxygen atoms in total. The molecule has 5 rings (SSSR count). The van der Waals surface area contributed by atoms with Crippen molar-refractivity contribution >= 4 is 35.2 Å². The Morgan fingerprint density at radius 3 is 2.74 bits per heavy atom. The van der Waals surface area contributed by atoms with Gasteiger partial charge in [-0.3, -0.25) is 9.69 Å². The largest absolute Gasteiger partial charge is 0.394 e. The van der Waals surface area contributed by atoms with Gasteiger partial charge in [-0.15, -0.1) is 5.10 Å². The lowest BCUT2D eigenvalue weighted by molar-refractivity contribution is -0.107. The Kier molecular flexibility index (Phi) is 7.86. The molecule has 14 heteroatoms. The number of nitrogens with zero attached hydrogens (tertiary/aromatic N) is 6. The number of carbonyl (C=O) groups excluding carboxylic acids is 1. The Bertz CT molecular complexity index is 1310. The molecule has 38 heavy (non-hydrogen) atoms. The van der Waals surface area contributed by atoms with Gasteiger partial charge < -0.3 is 20.1 Å². The molecule has 2 unspecified atom stereocenters. The van der Waals surface area contributed by atoms with E-state index in [0.717, 1.165) is 24.3 Å². The number of aliphatic hydroxyl groups excluding tert-OH is 3. The molecule has 0 bridgehead atoms. The zero-order valence-corrected chi connectivity index (χ0v) is 21.3. The lowest BCUT2D eigenvalue weighted by atomic mass is 10.1. The third-order valence-electron chi connectivity index (χ3n) is 6.90. The van der Waals surface area contributed by atoms with E-state index in [9.17, 15) is 23.8 Å². The summed E-state index contributed by atoms with van der Waals surface area (Å²) < 4.78 is 34.1. The lowest BCUT2D eigenvalue weighted by Crippen LogP contribution is -2.33. The molecular weight excluding hydrogens is 522 g/mol. The highest BCUT2D eigenvalue weighted by Crippen LogP contribution is 2.47. The first kappa shape index (κ1) is 26.8. The van der Waals surface area contributed by atoms with Crippen molar-refractivity contribution in [1.82, 2.24) is 25.0 Å². The molecule has 1 amide bonds. The number of anilines is 1. The van der Waals surface area contributed by atoms with Gasteiger partial charge in [0, 0.05) is 24.1 Å². The second kappa shape index (κ2) is 11.1. The number of rotatable bonds is 11. The highest BCUT2D eigenvalue weighted by molar-refractivity contribution is 7.99. The summed E-state index contributed by atoms with van der Waals surface area (Å²) in [4.78, 5) is 22.9. The van der Waals surface area contributed by atoms with Crippen LogP contribution >= 0.6 is 11.8 Å². The molecule has 2 aromatic heterocycles. The summed E-state index contributed by atoms with van der Waals surface area (Å²) >= 11 is 1.39. The van der Waals surface area contributed by atoms with Crippen LogP contribution in [0.3, 0.4) is 0 Å². The van der Waals surface area contributed by atoms with Crippen LogP contribution in [-0.2, 0) is 9.53 Å². The summed E-state index contributed by atoms with van der Waals surface area (Å²) in [5, 5.41) is 39.1. The van der Waals surface area contributed by atoms with Crippen molar-refractivity contribution in [3.05, 3.63) is 35.4 Å². The van der Waals surface area contributed by atoms with Crippen LogP contribution in [0.5, 0.6) is 0 Å². The maximum Gasteiger partial charge on any atom is 0.215 e. The third-order valence-corrected chi connectivity index (χ3v) is 7.95. The minimum absolute atomic E-state index is 0.0121. The van der Waals surface area contributed by atoms with Crippen molar-refractivity contribution in [2.24, 2.45) is 0 Å². The fraction of sp³-hybridized carbons (Fsp3) is 0.542. The number of amides is 1. The summed E-state index contributed by atoms with van der Waals surface area (Å²) in [6.45, 7) is 1.80. The molecule has 2 saturated carbocycles. The Morgan fingerprint density at radius 2 is 2.03 bits per heavy atom. The molecule has 3 aromatic rings. The van der Waals surface area contributed by atoms with Crippen molar-refractivity contribution in [3.8, 4) is 0 Å². The Hall–Kier alpha value is -2.78. The molecule has 2 aliphatic rings. The van der Waals surface area contributed by atoms with Crippen molar-refractivity contribution in [1.29, 1.82) is 0 Å². The van der Waals surface area contributed by atoms with Gasteiger partial charge in [-0.1, -0.05) is 30.0 Å². The van der Waals surface area contributed by atoms with E-state index in [1.807, 2.05) is 6.92 Å². The molecule has 0 spiro atoms. The first-order valence-corrected chi connectivity index (χ1v) is 13.4. The molecule has 204 valence electrons. The van der Waals surface area contributed by atoms with Crippen LogP contribution in [0.1, 0.15) is 43.7 Å². The van der Waals surface area contributed by atoms with Crippen molar-refractivity contribution in [2.45, 2.75) is 67.7 Å². The zero-order chi connectivity index (χ0) is 27.0. The van der Waals surface area contributed by atoms with Gasteiger partial charge in [0.1, 0.15) is 12.2 Å². The van der Waals surface area contributed by atoms with E-state index in [1.54, 1.807) is 0 Å². The standard InChI is InChI=1S/C24H28F2N6O5S/c1-2-7-38-24-27-22(31(11-34)16-9-13(16)12-3-4-14(25)15(26)8-12)19-23(28-24)32(30-29-19)17-10-18(37-6-5-33)21(36)20(17)35/h3-4,8,11,13,16-18,20-21,33,35-36H,2,5-7,9-10H2,1H3/t13?,16?,17-,18+,20+,21-/m1/s1. The molecule has 2 aliphatic carbocycles. The summed E-state index contributed by atoms with van der Waals surface area (Å²) in [5.41, 5.74) is 1.09. The first-order valence-electron chi connectivity index (χ1n) is 12.4. The van der Waals surface area contributed by atoms with Gasteiger partial charge in [0.15, 0.2) is 33.8 Å². The SMILES string of the molecule is CCCSc1nc(N(C=O)C2CC2c2ccc(F)c(F)c2)c2nnn([C@@H]3C[C@H](OCCO)[C@@H](O)[C@H]3O)c2n1. The van der Waals surface area contributed by atoms with Gasteiger partial charge in [-0.2, -0.15) is 0 Å². The van der Waals surface area contributed by atoms with Gasteiger partial charge in [0.05, 0.1) is 25.4 Å². The summed E-state index contributed by atoms with van der Waals surface area (Å²) in [6.07, 6.45) is -0.922. The monoisotopic (exact) mass is 550 g/mol. The number of carbonyl (C=O) groups is 1. The quantitative estimate of drug-likeness (QED) is 0.183. The summed E-state index contributed by atoms with van der Waals surface area (Å²) in [5.74, 6) is -1.15. The molecule has 0 aliphatic heterocycles. The number of benzene rings is 1.